The molecule has 0 radical (unpaired) electrons. The van der Waals surface area contributed by atoms with Crippen LogP contribution in [0.3, 0.4) is 0 Å². The van der Waals surface area contributed by atoms with Crippen LogP contribution in [0.4, 0.5) is 4.79 Å². The molecular weight excluding hydrogens is 273 g/mol. The van der Waals surface area contributed by atoms with Crippen molar-refractivity contribution in [3.8, 4) is 0 Å². The Morgan fingerprint density at radius 2 is 1.94 bits per heavy atom. The second-order valence-corrected chi connectivity index (χ2v) is 5.75. The number of hydrogen-bond donors (Lipinski definition) is 0. The lowest BCUT2D eigenvalue weighted by atomic mass is 10.2. The van der Waals surface area contributed by atoms with Gasteiger partial charge in [-0.2, -0.15) is 0 Å². The van der Waals surface area contributed by atoms with Crippen molar-refractivity contribution >= 4 is 40.2 Å². The predicted octanol–water partition coefficient (Wildman–Crippen LogP) is 4.73. The van der Waals surface area contributed by atoms with Crippen molar-refractivity contribution in [1.29, 1.82) is 0 Å². The fraction of sp³-hybridized carbons (Fsp3) is 0.308. The van der Waals surface area contributed by atoms with Crippen LogP contribution in [0.2, 0.25) is 10.2 Å². The Morgan fingerprint density at radius 3 is 2.56 bits per heavy atom. The molecule has 0 aliphatic heterocycles. The largest absolute Gasteiger partial charge is 0.443 e. The van der Waals surface area contributed by atoms with Crippen molar-refractivity contribution in [3.63, 3.8) is 0 Å². The van der Waals surface area contributed by atoms with E-state index in [1.807, 2.05) is 0 Å². The number of rotatable bonds is 0. The molecule has 0 spiro atoms. The van der Waals surface area contributed by atoms with E-state index < -0.39 is 11.7 Å². The standard InChI is InChI=1S/C13H13Cl2NO2/c1-13(2,3)18-12(17)16-10-6-4-5-9(14)8(10)7-11(16)15/h4-7H,1-3H3. The van der Waals surface area contributed by atoms with Gasteiger partial charge in [0.15, 0.2) is 0 Å². The number of fused-ring (bicyclic) bond motifs is 1. The molecule has 0 aliphatic rings. The molecule has 0 atom stereocenters. The number of ether oxygens (including phenoxy) is 1. The maximum atomic E-state index is 12.1. The van der Waals surface area contributed by atoms with E-state index >= 15 is 0 Å². The Balaban J connectivity index is 2.54. The number of nitrogens with zero attached hydrogens (tertiary/aromatic N) is 1. The zero-order valence-electron chi connectivity index (χ0n) is 10.3. The minimum Gasteiger partial charge on any atom is -0.443 e. The average Bonchev–Trinajstić information content (AvgIpc) is 2.53. The first-order valence-corrected chi connectivity index (χ1v) is 6.24. The Hall–Kier alpha value is -1.19. The van der Waals surface area contributed by atoms with Crippen LogP contribution in [0.25, 0.3) is 10.9 Å². The second-order valence-electron chi connectivity index (χ2n) is 4.96. The minimum absolute atomic E-state index is 0.285. The number of benzene rings is 1. The molecule has 1 aromatic heterocycles. The number of carbonyl (C=O) groups is 1. The van der Waals surface area contributed by atoms with Gasteiger partial charge in [-0.3, -0.25) is 0 Å². The molecule has 1 aromatic carbocycles. The van der Waals surface area contributed by atoms with Gasteiger partial charge < -0.3 is 4.74 Å². The summed E-state index contributed by atoms with van der Waals surface area (Å²) >= 11 is 12.1. The maximum absolute atomic E-state index is 12.1. The van der Waals surface area contributed by atoms with Crippen molar-refractivity contribution in [2.45, 2.75) is 26.4 Å². The van der Waals surface area contributed by atoms with E-state index in [4.69, 9.17) is 27.9 Å². The molecule has 0 amide bonds. The van der Waals surface area contributed by atoms with Gasteiger partial charge in [0.2, 0.25) is 0 Å². The third kappa shape index (κ3) is 2.47. The van der Waals surface area contributed by atoms with Gasteiger partial charge in [0.25, 0.3) is 0 Å². The highest BCUT2D eigenvalue weighted by Crippen LogP contribution is 2.30. The normalized spacial score (nSPS) is 11.8. The Labute approximate surface area is 115 Å². The van der Waals surface area contributed by atoms with E-state index in [9.17, 15) is 4.79 Å². The van der Waals surface area contributed by atoms with Crippen LogP contribution in [-0.2, 0) is 4.74 Å². The molecule has 0 saturated carbocycles. The summed E-state index contributed by atoms with van der Waals surface area (Å²) in [4.78, 5) is 12.1. The summed E-state index contributed by atoms with van der Waals surface area (Å²) in [6.07, 6.45) is -0.509. The molecule has 0 saturated heterocycles. The van der Waals surface area contributed by atoms with Crippen LogP contribution >= 0.6 is 23.2 Å². The second kappa shape index (κ2) is 4.48. The monoisotopic (exact) mass is 285 g/mol. The van der Waals surface area contributed by atoms with Crippen LogP contribution in [-0.4, -0.2) is 16.3 Å². The van der Waals surface area contributed by atoms with Gasteiger partial charge in [-0.15, -0.1) is 0 Å². The molecule has 0 unspecified atom stereocenters. The summed E-state index contributed by atoms with van der Waals surface area (Å²) in [6, 6.07) is 6.95. The van der Waals surface area contributed by atoms with Crippen molar-refractivity contribution in [2.75, 3.05) is 0 Å². The lowest BCUT2D eigenvalue weighted by Gasteiger charge is -2.20. The predicted molar refractivity (Wildman–Crippen MR) is 73.6 cm³/mol. The smallest absolute Gasteiger partial charge is 0.420 e. The van der Waals surface area contributed by atoms with Gasteiger partial charge in [0.1, 0.15) is 10.8 Å². The zero-order chi connectivity index (χ0) is 13.5. The number of carbonyl (C=O) groups excluding carboxylic acids is 1. The lowest BCUT2D eigenvalue weighted by Crippen LogP contribution is -2.27. The van der Waals surface area contributed by atoms with Crippen LogP contribution in [0, 0.1) is 0 Å². The number of hydrogen-bond acceptors (Lipinski definition) is 2. The van der Waals surface area contributed by atoms with Crippen LogP contribution < -0.4 is 0 Å². The van der Waals surface area contributed by atoms with Crippen molar-refractivity contribution in [3.05, 3.63) is 34.4 Å². The Morgan fingerprint density at radius 1 is 1.28 bits per heavy atom. The molecule has 0 N–H and O–H groups in total. The lowest BCUT2D eigenvalue weighted by molar-refractivity contribution is 0.0545. The molecule has 2 rings (SSSR count). The summed E-state index contributed by atoms with van der Waals surface area (Å²) in [5.74, 6) is 0. The van der Waals surface area contributed by atoms with E-state index in [-0.39, 0.29) is 5.15 Å². The summed E-state index contributed by atoms with van der Waals surface area (Å²) in [6.45, 7) is 5.41. The van der Waals surface area contributed by atoms with Crippen LogP contribution in [0.15, 0.2) is 24.3 Å². The summed E-state index contributed by atoms with van der Waals surface area (Å²) in [5.41, 5.74) is 0.0667. The summed E-state index contributed by atoms with van der Waals surface area (Å²) < 4.78 is 6.62. The quantitative estimate of drug-likeness (QED) is 0.701. The summed E-state index contributed by atoms with van der Waals surface area (Å²) in [7, 11) is 0. The molecule has 3 nitrogen and oxygen atoms in total. The van der Waals surface area contributed by atoms with E-state index in [2.05, 4.69) is 0 Å². The van der Waals surface area contributed by atoms with Gasteiger partial charge in [-0.05, 0) is 39.0 Å². The SMILES string of the molecule is CC(C)(C)OC(=O)n1c(Cl)cc2c(Cl)cccc21. The molecule has 2 aromatic rings. The first kappa shape index (κ1) is 13.2. The van der Waals surface area contributed by atoms with Crippen molar-refractivity contribution in [2.24, 2.45) is 0 Å². The van der Waals surface area contributed by atoms with Gasteiger partial charge in [-0.1, -0.05) is 29.3 Å². The van der Waals surface area contributed by atoms with E-state index in [1.165, 1.54) is 4.57 Å². The highest BCUT2D eigenvalue weighted by atomic mass is 35.5. The Bertz CT molecular complexity index is 611. The maximum Gasteiger partial charge on any atom is 0.420 e. The highest BCUT2D eigenvalue weighted by molar-refractivity contribution is 6.37. The van der Waals surface area contributed by atoms with Crippen molar-refractivity contribution < 1.29 is 9.53 Å². The van der Waals surface area contributed by atoms with Crippen molar-refractivity contribution in [1.82, 2.24) is 4.57 Å². The zero-order valence-corrected chi connectivity index (χ0v) is 11.8. The molecule has 0 bridgehead atoms. The third-order valence-corrected chi connectivity index (χ3v) is 2.93. The van der Waals surface area contributed by atoms with E-state index in [0.717, 1.165) is 5.39 Å². The molecule has 96 valence electrons. The number of aromatic nitrogens is 1. The average molecular weight is 286 g/mol. The number of halogens is 2. The molecule has 0 aliphatic carbocycles. The first-order chi connectivity index (χ1) is 8.29. The third-order valence-electron chi connectivity index (χ3n) is 2.32. The fourth-order valence-electron chi connectivity index (χ4n) is 1.66. The Kier molecular flexibility index (Phi) is 3.30. The molecular formula is C13H13Cl2NO2. The van der Waals surface area contributed by atoms with Gasteiger partial charge >= 0.3 is 6.09 Å². The topological polar surface area (TPSA) is 31.2 Å². The van der Waals surface area contributed by atoms with E-state index in [1.54, 1.807) is 45.0 Å². The van der Waals surface area contributed by atoms with Gasteiger partial charge in [0.05, 0.1) is 10.5 Å². The van der Waals surface area contributed by atoms with Crippen LogP contribution in [0.1, 0.15) is 20.8 Å². The molecule has 0 fully saturated rings. The van der Waals surface area contributed by atoms with E-state index in [0.29, 0.717) is 10.5 Å². The molecule has 5 heteroatoms. The van der Waals surface area contributed by atoms with Gasteiger partial charge in [-0.25, -0.2) is 9.36 Å². The highest BCUT2D eigenvalue weighted by Gasteiger charge is 2.21. The van der Waals surface area contributed by atoms with Crippen LogP contribution in [0.5, 0.6) is 0 Å². The molecule has 1 heterocycles. The minimum atomic E-state index is -0.574. The first-order valence-electron chi connectivity index (χ1n) is 5.48. The van der Waals surface area contributed by atoms with Gasteiger partial charge in [0, 0.05) is 5.39 Å². The summed E-state index contributed by atoms with van der Waals surface area (Å²) in [5, 5.41) is 1.57. The fourth-order valence-corrected chi connectivity index (χ4v) is 2.15. The molecule has 18 heavy (non-hydrogen) atoms.